The Labute approximate surface area is 132 Å². The van der Waals surface area contributed by atoms with Gasteiger partial charge in [0.25, 0.3) is 0 Å². The van der Waals surface area contributed by atoms with Gasteiger partial charge in [0.2, 0.25) is 11.9 Å². The summed E-state index contributed by atoms with van der Waals surface area (Å²) in [5.41, 5.74) is 14.2. The van der Waals surface area contributed by atoms with Crippen LogP contribution in [0.3, 0.4) is 0 Å². The van der Waals surface area contributed by atoms with Gasteiger partial charge in [0, 0.05) is 5.69 Å². The molecule has 0 aromatic heterocycles. The average Bonchev–Trinajstić information content (AvgIpc) is 2.50. The van der Waals surface area contributed by atoms with E-state index >= 15 is 0 Å². The Morgan fingerprint density at radius 3 is 2.59 bits per heavy atom. The second kappa shape index (κ2) is 5.63. The summed E-state index contributed by atoms with van der Waals surface area (Å²) in [5.74, 6) is 1.49. The molecule has 0 saturated heterocycles. The number of hydrogen-bond acceptors (Lipinski definition) is 5. The second-order valence-corrected chi connectivity index (χ2v) is 6.42. The number of anilines is 1. The third-order valence-corrected chi connectivity index (χ3v) is 4.89. The van der Waals surface area contributed by atoms with Crippen LogP contribution in [0.15, 0.2) is 34.3 Å². The minimum atomic E-state index is -0.367. The third-order valence-electron chi connectivity index (χ3n) is 4.89. The summed E-state index contributed by atoms with van der Waals surface area (Å²) in [7, 11) is 0. The Kier molecular flexibility index (Phi) is 3.81. The van der Waals surface area contributed by atoms with Crippen LogP contribution in [0.2, 0.25) is 0 Å². The molecule has 1 heterocycles. The molecule has 0 atom stereocenters. The van der Waals surface area contributed by atoms with E-state index in [-0.39, 0.29) is 5.66 Å². The molecule has 118 valence electrons. The molecule has 1 aromatic rings. The van der Waals surface area contributed by atoms with Gasteiger partial charge >= 0.3 is 0 Å². The van der Waals surface area contributed by atoms with E-state index in [1.807, 2.05) is 6.07 Å². The van der Waals surface area contributed by atoms with Gasteiger partial charge in [-0.05, 0) is 49.7 Å². The van der Waals surface area contributed by atoms with Gasteiger partial charge < -0.3 is 11.5 Å². The van der Waals surface area contributed by atoms with Crippen LogP contribution in [0, 0.1) is 5.92 Å². The minimum absolute atomic E-state index is 0.303. The summed E-state index contributed by atoms with van der Waals surface area (Å²) < 4.78 is 0. The summed E-state index contributed by atoms with van der Waals surface area (Å²) in [4.78, 5) is 11.1. The summed E-state index contributed by atoms with van der Waals surface area (Å²) >= 11 is 0. The third kappa shape index (κ3) is 2.45. The van der Waals surface area contributed by atoms with Gasteiger partial charge in [0.1, 0.15) is 5.66 Å². The summed E-state index contributed by atoms with van der Waals surface area (Å²) in [6.07, 6.45) is 5.14. The minimum Gasteiger partial charge on any atom is -0.369 e. The molecular formula is C17H25N5. The Morgan fingerprint density at radius 2 is 1.91 bits per heavy atom. The van der Waals surface area contributed by atoms with Crippen LogP contribution in [0.4, 0.5) is 5.69 Å². The van der Waals surface area contributed by atoms with Crippen molar-refractivity contribution in [2.24, 2.45) is 27.4 Å². The molecule has 1 spiro atoms. The number of aryl methyl sites for hydroxylation is 1. The highest BCUT2D eigenvalue weighted by atomic mass is 15.4. The van der Waals surface area contributed by atoms with Crippen LogP contribution in [-0.2, 0) is 6.42 Å². The zero-order chi connectivity index (χ0) is 15.7. The molecule has 5 heteroatoms. The number of hydrogen-bond donors (Lipinski definition) is 2. The fourth-order valence-electron chi connectivity index (χ4n) is 3.60. The second-order valence-electron chi connectivity index (χ2n) is 6.42. The first-order valence-corrected chi connectivity index (χ1v) is 8.13. The van der Waals surface area contributed by atoms with Crippen molar-refractivity contribution in [2.45, 2.75) is 51.6 Å². The van der Waals surface area contributed by atoms with Crippen LogP contribution in [0.1, 0.15) is 45.1 Å². The lowest BCUT2D eigenvalue weighted by Crippen LogP contribution is -2.59. The number of benzene rings is 1. The molecule has 1 fully saturated rings. The first-order chi connectivity index (χ1) is 10.6. The van der Waals surface area contributed by atoms with Crippen molar-refractivity contribution in [1.82, 2.24) is 0 Å². The predicted molar refractivity (Wildman–Crippen MR) is 91.9 cm³/mol. The van der Waals surface area contributed by atoms with Crippen molar-refractivity contribution in [3.8, 4) is 0 Å². The molecule has 1 saturated carbocycles. The van der Waals surface area contributed by atoms with Crippen LogP contribution >= 0.6 is 0 Å². The van der Waals surface area contributed by atoms with Crippen LogP contribution in [-0.4, -0.2) is 17.6 Å². The number of rotatable bonds is 2. The normalized spacial score (nSPS) is 28.5. The van der Waals surface area contributed by atoms with Crippen LogP contribution in [0.5, 0.6) is 0 Å². The molecule has 0 bridgehead atoms. The topological polar surface area (TPSA) is 80.0 Å². The van der Waals surface area contributed by atoms with Crippen LogP contribution in [0.25, 0.3) is 0 Å². The maximum Gasteiger partial charge on any atom is 0.220 e. The molecule has 1 aromatic carbocycles. The molecule has 22 heavy (non-hydrogen) atoms. The van der Waals surface area contributed by atoms with Gasteiger partial charge in [-0.3, -0.25) is 4.90 Å². The van der Waals surface area contributed by atoms with E-state index in [9.17, 15) is 0 Å². The SMILES string of the molecule is CCc1ccccc1N1C(N)=NC(N)=NC12CCC(C)CC2. The predicted octanol–water partition coefficient (Wildman–Crippen LogP) is 2.60. The number of para-hydroxylation sites is 1. The van der Waals surface area contributed by atoms with Gasteiger partial charge in [-0.15, -0.1) is 0 Å². The van der Waals surface area contributed by atoms with Gasteiger partial charge in [-0.25, -0.2) is 4.99 Å². The van der Waals surface area contributed by atoms with E-state index in [1.54, 1.807) is 0 Å². The van der Waals surface area contributed by atoms with Crippen molar-refractivity contribution >= 4 is 17.6 Å². The standard InChI is InChI=1S/C17H25N5/c1-3-13-6-4-5-7-14(13)22-16(19)20-15(18)21-17(22)10-8-12(2)9-11-17/h4-7,12H,3,8-11H2,1-2H3,(H4,18,19,20,21). The molecular weight excluding hydrogens is 274 g/mol. The number of aliphatic imine (C=N–C) groups is 2. The number of guanidine groups is 2. The smallest absolute Gasteiger partial charge is 0.220 e. The molecule has 4 N–H and O–H groups in total. The first kappa shape index (κ1) is 14.9. The lowest BCUT2D eigenvalue weighted by atomic mass is 9.81. The van der Waals surface area contributed by atoms with Crippen molar-refractivity contribution in [3.63, 3.8) is 0 Å². The molecule has 0 amide bonds. The Hall–Kier alpha value is -2.04. The molecule has 0 unspecified atom stereocenters. The quantitative estimate of drug-likeness (QED) is 0.881. The Morgan fingerprint density at radius 1 is 1.23 bits per heavy atom. The summed E-state index contributed by atoms with van der Waals surface area (Å²) in [5, 5.41) is 0. The number of nitrogens with two attached hydrogens (primary N) is 2. The van der Waals surface area contributed by atoms with Crippen molar-refractivity contribution in [1.29, 1.82) is 0 Å². The van der Waals surface area contributed by atoms with E-state index in [4.69, 9.17) is 16.5 Å². The van der Waals surface area contributed by atoms with Gasteiger partial charge in [0.05, 0.1) is 0 Å². The molecule has 5 nitrogen and oxygen atoms in total. The molecule has 1 aliphatic heterocycles. The largest absolute Gasteiger partial charge is 0.369 e. The van der Waals surface area contributed by atoms with E-state index in [0.29, 0.717) is 11.9 Å². The average molecular weight is 299 g/mol. The lowest BCUT2D eigenvalue weighted by Gasteiger charge is -2.47. The van der Waals surface area contributed by atoms with Gasteiger partial charge in [0.15, 0.2) is 0 Å². The Bertz CT molecular complexity index is 611. The molecule has 3 rings (SSSR count). The van der Waals surface area contributed by atoms with E-state index < -0.39 is 0 Å². The fourth-order valence-corrected chi connectivity index (χ4v) is 3.60. The van der Waals surface area contributed by atoms with Gasteiger partial charge in [-0.2, -0.15) is 4.99 Å². The monoisotopic (exact) mass is 299 g/mol. The highest BCUT2D eigenvalue weighted by molar-refractivity contribution is 6.06. The number of nitrogens with zero attached hydrogens (tertiary/aromatic N) is 3. The molecule has 1 aliphatic carbocycles. The van der Waals surface area contributed by atoms with E-state index in [1.165, 1.54) is 5.56 Å². The zero-order valence-electron chi connectivity index (χ0n) is 13.4. The fraction of sp³-hybridized carbons (Fsp3) is 0.529. The maximum atomic E-state index is 6.28. The van der Waals surface area contributed by atoms with Crippen molar-refractivity contribution in [3.05, 3.63) is 29.8 Å². The van der Waals surface area contributed by atoms with Gasteiger partial charge in [-0.1, -0.05) is 32.0 Å². The highest BCUT2D eigenvalue weighted by Crippen LogP contribution is 2.42. The first-order valence-electron chi connectivity index (χ1n) is 8.13. The summed E-state index contributed by atoms with van der Waals surface area (Å²) in [6, 6.07) is 8.36. The lowest BCUT2D eigenvalue weighted by molar-refractivity contribution is 0.252. The highest BCUT2D eigenvalue weighted by Gasteiger charge is 2.44. The molecule has 0 radical (unpaired) electrons. The Balaban J connectivity index is 2.08. The van der Waals surface area contributed by atoms with Crippen molar-refractivity contribution in [2.75, 3.05) is 4.90 Å². The van der Waals surface area contributed by atoms with E-state index in [2.05, 4.69) is 41.9 Å². The summed E-state index contributed by atoms with van der Waals surface area (Å²) in [6.45, 7) is 4.45. The zero-order valence-corrected chi connectivity index (χ0v) is 13.4. The van der Waals surface area contributed by atoms with Crippen LogP contribution < -0.4 is 16.4 Å². The maximum absolute atomic E-state index is 6.28. The molecule has 2 aliphatic rings. The van der Waals surface area contributed by atoms with E-state index in [0.717, 1.165) is 43.7 Å². The van der Waals surface area contributed by atoms with Crippen molar-refractivity contribution < 1.29 is 0 Å².